The number of nitrogens with one attached hydrogen (secondary N) is 1. The molecule has 1 aromatic carbocycles. The second-order valence-electron chi connectivity index (χ2n) is 6.98. The zero-order chi connectivity index (χ0) is 15.9. The molecular weight excluding hydrogens is 264 g/mol. The first-order valence-corrected chi connectivity index (χ1v) is 7.33. The third kappa shape index (κ3) is 2.80. The van der Waals surface area contributed by atoms with E-state index in [0.29, 0.717) is 0 Å². The van der Waals surface area contributed by atoms with E-state index in [1.807, 2.05) is 52.8 Å². The summed E-state index contributed by atoms with van der Waals surface area (Å²) in [5.74, 6) is -0.143. The lowest BCUT2D eigenvalue weighted by Crippen LogP contribution is -2.66. The van der Waals surface area contributed by atoms with E-state index >= 15 is 0 Å². The van der Waals surface area contributed by atoms with Crippen LogP contribution < -0.4 is 10.2 Å². The van der Waals surface area contributed by atoms with Crippen molar-refractivity contribution in [3.8, 4) is 0 Å². The van der Waals surface area contributed by atoms with Gasteiger partial charge in [-0.3, -0.25) is 14.5 Å². The van der Waals surface area contributed by atoms with Crippen molar-refractivity contribution in [2.45, 2.75) is 53.6 Å². The molecule has 0 aromatic heterocycles. The average Bonchev–Trinajstić information content (AvgIpc) is 2.35. The quantitative estimate of drug-likeness (QED) is 0.863. The molecular formula is C17H24N2O2. The van der Waals surface area contributed by atoms with Crippen molar-refractivity contribution in [2.75, 3.05) is 4.90 Å². The summed E-state index contributed by atoms with van der Waals surface area (Å²) in [7, 11) is 0. The van der Waals surface area contributed by atoms with Crippen molar-refractivity contribution < 1.29 is 9.59 Å². The number of nitrogens with zero attached hydrogens (tertiary/aromatic N) is 1. The van der Waals surface area contributed by atoms with Gasteiger partial charge < -0.3 is 5.32 Å². The number of piperazine rings is 1. The topological polar surface area (TPSA) is 49.4 Å². The highest BCUT2D eigenvalue weighted by Crippen LogP contribution is 2.30. The molecule has 1 aliphatic heterocycles. The normalized spacial score (nSPS) is 23.2. The SMILES string of the molecule is Cc1ccc(N2C(=O)C(C(C)(C)C)NC(=O)C2C)c(C)c1. The van der Waals surface area contributed by atoms with E-state index in [0.717, 1.165) is 16.8 Å². The fraction of sp³-hybridized carbons (Fsp3) is 0.529. The lowest BCUT2D eigenvalue weighted by atomic mass is 9.83. The number of carbonyl (C=O) groups excluding carboxylic acids is 2. The molecule has 0 spiro atoms. The molecule has 0 aliphatic carbocycles. The minimum Gasteiger partial charge on any atom is -0.342 e. The predicted molar refractivity (Wildman–Crippen MR) is 84.2 cm³/mol. The van der Waals surface area contributed by atoms with Crippen LogP contribution in [0.2, 0.25) is 0 Å². The van der Waals surface area contributed by atoms with Gasteiger partial charge in [0.15, 0.2) is 0 Å². The maximum atomic E-state index is 12.9. The van der Waals surface area contributed by atoms with Crippen LogP contribution >= 0.6 is 0 Å². The molecule has 2 atom stereocenters. The van der Waals surface area contributed by atoms with E-state index in [4.69, 9.17) is 0 Å². The van der Waals surface area contributed by atoms with Crippen molar-refractivity contribution in [3.63, 3.8) is 0 Å². The Morgan fingerprint density at radius 1 is 1.14 bits per heavy atom. The molecule has 4 nitrogen and oxygen atoms in total. The Kier molecular flexibility index (Phi) is 3.83. The lowest BCUT2D eigenvalue weighted by Gasteiger charge is -2.42. The van der Waals surface area contributed by atoms with Crippen molar-refractivity contribution in [3.05, 3.63) is 29.3 Å². The second-order valence-corrected chi connectivity index (χ2v) is 6.98. The largest absolute Gasteiger partial charge is 0.342 e. The zero-order valence-electron chi connectivity index (χ0n) is 13.7. The second kappa shape index (κ2) is 5.17. The van der Waals surface area contributed by atoms with E-state index in [9.17, 15) is 9.59 Å². The number of amides is 2. The van der Waals surface area contributed by atoms with E-state index in [1.54, 1.807) is 11.8 Å². The number of hydrogen-bond acceptors (Lipinski definition) is 2. The van der Waals surface area contributed by atoms with Crippen LogP contribution in [0.15, 0.2) is 18.2 Å². The molecule has 2 amide bonds. The Labute approximate surface area is 126 Å². The molecule has 0 saturated carbocycles. The van der Waals surface area contributed by atoms with Crippen LogP contribution in [0.5, 0.6) is 0 Å². The van der Waals surface area contributed by atoms with E-state index < -0.39 is 12.1 Å². The summed E-state index contributed by atoms with van der Waals surface area (Å²) in [4.78, 5) is 26.8. The number of rotatable bonds is 1. The Balaban J connectivity index is 2.48. The fourth-order valence-corrected chi connectivity index (χ4v) is 2.76. The third-order valence-electron chi connectivity index (χ3n) is 4.02. The Morgan fingerprint density at radius 2 is 1.76 bits per heavy atom. The lowest BCUT2D eigenvalue weighted by molar-refractivity contribution is -0.136. The van der Waals surface area contributed by atoms with Crippen LogP contribution in [0.1, 0.15) is 38.8 Å². The molecule has 1 aliphatic rings. The first-order chi connectivity index (χ1) is 9.62. The van der Waals surface area contributed by atoms with Crippen molar-refractivity contribution in [1.29, 1.82) is 0 Å². The summed E-state index contributed by atoms with van der Waals surface area (Å²) in [6.45, 7) is 11.7. The number of benzene rings is 1. The van der Waals surface area contributed by atoms with Gasteiger partial charge >= 0.3 is 0 Å². The molecule has 1 fully saturated rings. The van der Waals surface area contributed by atoms with Gasteiger partial charge in [-0.15, -0.1) is 0 Å². The summed E-state index contributed by atoms with van der Waals surface area (Å²) in [5, 5.41) is 2.86. The maximum Gasteiger partial charge on any atom is 0.250 e. The first kappa shape index (κ1) is 15.5. The molecule has 4 heteroatoms. The first-order valence-electron chi connectivity index (χ1n) is 7.33. The van der Waals surface area contributed by atoms with Gasteiger partial charge in [-0.25, -0.2) is 0 Å². The molecule has 0 radical (unpaired) electrons. The van der Waals surface area contributed by atoms with Crippen molar-refractivity contribution >= 4 is 17.5 Å². The standard InChI is InChI=1S/C17H24N2O2/c1-10-7-8-13(11(2)9-10)19-12(3)15(20)18-14(16(19)21)17(4,5)6/h7-9,12,14H,1-6H3,(H,18,20). The molecule has 114 valence electrons. The Hall–Kier alpha value is -1.84. The minimum atomic E-state index is -0.498. The molecule has 1 saturated heterocycles. The summed E-state index contributed by atoms with van der Waals surface area (Å²) in [6.07, 6.45) is 0. The highest BCUT2D eigenvalue weighted by atomic mass is 16.2. The van der Waals surface area contributed by atoms with Crippen LogP contribution in [-0.2, 0) is 9.59 Å². The Bertz CT molecular complexity index is 587. The van der Waals surface area contributed by atoms with Crippen LogP contribution in [0.4, 0.5) is 5.69 Å². The van der Waals surface area contributed by atoms with Crippen molar-refractivity contribution in [1.82, 2.24) is 5.32 Å². The van der Waals surface area contributed by atoms with Gasteiger partial charge in [0.05, 0.1) is 0 Å². The van der Waals surface area contributed by atoms with E-state index in [1.165, 1.54) is 0 Å². The van der Waals surface area contributed by atoms with Gasteiger partial charge in [-0.1, -0.05) is 38.5 Å². The zero-order valence-corrected chi connectivity index (χ0v) is 13.7. The molecule has 21 heavy (non-hydrogen) atoms. The number of aryl methyl sites for hydroxylation is 2. The number of carbonyl (C=O) groups is 2. The van der Waals surface area contributed by atoms with Crippen LogP contribution in [-0.4, -0.2) is 23.9 Å². The van der Waals surface area contributed by atoms with E-state index in [-0.39, 0.29) is 17.2 Å². The molecule has 1 aromatic rings. The third-order valence-corrected chi connectivity index (χ3v) is 4.02. The van der Waals surface area contributed by atoms with Gasteiger partial charge in [0.25, 0.3) is 5.91 Å². The summed E-state index contributed by atoms with van der Waals surface area (Å²) < 4.78 is 0. The van der Waals surface area contributed by atoms with Gasteiger partial charge in [-0.2, -0.15) is 0 Å². The van der Waals surface area contributed by atoms with Crippen molar-refractivity contribution in [2.24, 2.45) is 5.41 Å². The highest BCUT2D eigenvalue weighted by molar-refractivity contribution is 6.08. The van der Waals surface area contributed by atoms with Gasteiger partial charge in [-0.05, 0) is 37.8 Å². The number of anilines is 1. The molecule has 1 N–H and O–H groups in total. The summed E-state index contributed by atoms with van der Waals surface area (Å²) in [5.41, 5.74) is 2.66. The van der Waals surface area contributed by atoms with Crippen LogP contribution in [0, 0.1) is 19.3 Å². The Morgan fingerprint density at radius 3 is 2.29 bits per heavy atom. The summed E-state index contributed by atoms with van der Waals surface area (Å²) >= 11 is 0. The fourth-order valence-electron chi connectivity index (χ4n) is 2.76. The molecule has 0 bridgehead atoms. The monoisotopic (exact) mass is 288 g/mol. The van der Waals surface area contributed by atoms with Gasteiger partial charge in [0.2, 0.25) is 5.91 Å². The highest BCUT2D eigenvalue weighted by Gasteiger charge is 2.44. The molecule has 2 unspecified atom stereocenters. The average molecular weight is 288 g/mol. The number of hydrogen-bond donors (Lipinski definition) is 1. The van der Waals surface area contributed by atoms with Gasteiger partial charge in [0.1, 0.15) is 12.1 Å². The smallest absolute Gasteiger partial charge is 0.250 e. The predicted octanol–water partition coefficient (Wildman–Crippen LogP) is 2.57. The van der Waals surface area contributed by atoms with Crippen LogP contribution in [0.3, 0.4) is 0 Å². The van der Waals surface area contributed by atoms with Crippen LogP contribution in [0.25, 0.3) is 0 Å². The van der Waals surface area contributed by atoms with E-state index in [2.05, 4.69) is 5.32 Å². The summed E-state index contributed by atoms with van der Waals surface area (Å²) in [6, 6.07) is 4.95. The van der Waals surface area contributed by atoms with Gasteiger partial charge in [0, 0.05) is 5.69 Å². The molecule has 1 heterocycles. The molecule has 2 rings (SSSR count). The maximum absolute atomic E-state index is 12.9. The minimum absolute atomic E-state index is 0.0402.